The highest BCUT2D eigenvalue weighted by molar-refractivity contribution is 5.80. The Balaban J connectivity index is 1.85. The van der Waals surface area contributed by atoms with Crippen molar-refractivity contribution in [2.75, 3.05) is 6.61 Å². The van der Waals surface area contributed by atoms with Crippen molar-refractivity contribution in [1.29, 1.82) is 0 Å². The molecule has 1 heterocycles. The number of aryl methyl sites for hydroxylation is 1. The zero-order valence-electron chi connectivity index (χ0n) is 11.1. The summed E-state index contributed by atoms with van der Waals surface area (Å²) < 4.78 is 0. The maximum Gasteiger partial charge on any atom is 0.220 e. The van der Waals surface area contributed by atoms with Gasteiger partial charge in [0, 0.05) is 30.8 Å². The summed E-state index contributed by atoms with van der Waals surface area (Å²) in [4.78, 5) is 14.9. The van der Waals surface area contributed by atoms with E-state index in [2.05, 4.69) is 16.4 Å². The summed E-state index contributed by atoms with van der Waals surface area (Å²) in [7, 11) is 0. The summed E-state index contributed by atoms with van der Waals surface area (Å²) >= 11 is 0. The topological polar surface area (TPSA) is 65.1 Å². The first-order chi connectivity index (χ1) is 9.19. The molecular formula is C15H20N2O2. The summed E-state index contributed by atoms with van der Waals surface area (Å²) in [5, 5.41) is 12.8. The standard InChI is InChI=1S/C15H20N2O2/c1-11(7-9-18)17-15(19)5-3-12-2-4-14-13(10-12)6-8-16-14/h2,4,6,8,10-11,16,18H,3,5,7,9H2,1H3,(H,17,19)/t11-/m1/s1. The van der Waals surface area contributed by atoms with E-state index in [4.69, 9.17) is 5.11 Å². The lowest BCUT2D eigenvalue weighted by Crippen LogP contribution is -2.33. The molecule has 0 aliphatic carbocycles. The van der Waals surface area contributed by atoms with Crippen LogP contribution >= 0.6 is 0 Å². The van der Waals surface area contributed by atoms with E-state index >= 15 is 0 Å². The molecule has 0 aliphatic rings. The van der Waals surface area contributed by atoms with Crippen molar-refractivity contribution >= 4 is 16.8 Å². The largest absolute Gasteiger partial charge is 0.396 e. The number of carbonyl (C=O) groups excluding carboxylic acids is 1. The van der Waals surface area contributed by atoms with Crippen LogP contribution in [0.5, 0.6) is 0 Å². The van der Waals surface area contributed by atoms with E-state index in [9.17, 15) is 4.79 Å². The molecule has 2 aromatic rings. The van der Waals surface area contributed by atoms with Gasteiger partial charge < -0.3 is 15.4 Å². The number of aliphatic hydroxyl groups is 1. The van der Waals surface area contributed by atoms with Crippen LogP contribution in [0.3, 0.4) is 0 Å². The number of fused-ring (bicyclic) bond motifs is 1. The fraction of sp³-hybridized carbons (Fsp3) is 0.400. The molecule has 4 nitrogen and oxygen atoms in total. The highest BCUT2D eigenvalue weighted by atomic mass is 16.3. The predicted molar refractivity (Wildman–Crippen MR) is 75.9 cm³/mol. The molecule has 0 unspecified atom stereocenters. The van der Waals surface area contributed by atoms with Crippen LogP contribution in [0.1, 0.15) is 25.3 Å². The molecule has 0 radical (unpaired) electrons. The monoisotopic (exact) mass is 260 g/mol. The van der Waals surface area contributed by atoms with Crippen LogP contribution in [-0.2, 0) is 11.2 Å². The first kappa shape index (κ1) is 13.6. The maximum atomic E-state index is 11.7. The zero-order chi connectivity index (χ0) is 13.7. The van der Waals surface area contributed by atoms with Crippen LogP contribution in [0.25, 0.3) is 10.9 Å². The van der Waals surface area contributed by atoms with Gasteiger partial charge in [0.15, 0.2) is 0 Å². The number of benzene rings is 1. The van der Waals surface area contributed by atoms with Gasteiger partial charge >= 0.3 is 0 Å². The molecular weight excluding hydrogens is 240 g/mol. The third-order valence-corrected chi connectivity index (χ3v) is 3.23. The normalized spacial score (nSPS) is 12.5. The smallest absolute Gasteiger partial charge is 0.220 e. The summed E-state index contributed by atoms with van der Waals surface area (Å²) in [5.74, 6) is 0.0371. The van der Waals surface area contributed by atoms with Crippen LogP contribution < -0.4 is 5.32 Å². The van der Waals surface area contributed by atoms with Gasteiger partial charge in [-0.25, -0.2) is 0 Å². The van der Waals surface area contributed by atoms with E-state index in [1.807, 2.05) is 31.3 Å². The second-order valence-corrected chi connectivity index (χ2v) is 4.88. The number of aromatic nitrogens is 1. The number of amides is 1. The van der Waals surface area contributed by atoms with Crippen LogP contribution in [0.4, 0.5) is 0 Å². The van der Waals surface area contributed by atoms with Gasteiger partial charge in [-0.15, -0.1) is 0 Å². The molecule has 1 aromatic carbocycles. The van der Waals surface area contributed by atoms with E-state index in [1.165, 1.54) is 5.39 Å². The van der Waals surface area contributed by atoms with Crippen molar-refractivity contribution < 1.29 is 9.90 Å². The Morgan fingerprint density at radius 3 is 3.05 bits per heavy atom. The average molecular weight is 260 g/mol. The van der Waals surface area contributed by atoms with Crippen molar-refractivity contribution in [2.45, 2.75) is 32.2 Å². The highest BCUT2D eigenvalue weighted by Crippen LogP contribution is 2.15. The summed E-state index contributed by atoms with van der Waals surface area (Å²) in [6, 6.07) is 8.25. The number of aromatic amines is 1. The van der Waals surface area contributed by atoms with Crippen molar-refractivity contribution in [2.24, 2.45) is 0 Å². The highest BCUT2D eigenvalue weighted by Gasteiger charge is 2.07. The molecule has 0 spiro atoms. The third-order valence-electron chi connectivity index (χ3n) is 3.23. The molecule has 0 saturated heterocycles. The van der Waals surface area contributed by atoms with Crippen molar-refractivity contribution in [3.63, 3.8) is 0 Å². The molecule has 3 N–H and O–H groups in total. The van der Waals surface area contributed by atoms with E-state index in [0.29, 0.717) is 12.8 Å². The van der Waals surface area contributed by atoms with Gasteiger partial charge in [-0.1, -0.05) is 6.07 Å². The van der Waals surface area contributed by atoms with Crippen molar-refractivity contribution in [3.05, 3.63) is 36.0 Å². The SMILES string of the molecule is C[C@H](CCO)NC(=O)CCc1ccc2[nH]ccc2c1. The number of hydrogen-bond donors (Lipinski definition) is 3. The molecule has 102 valence electrons. The quantitative estimate of drug-likeness (QED) is 0.743. The Morgan fingerprint density at radius 2 is 2.26 bits per heavy atom. The molecule has 2 rings (SSSR count). The summed E-state index contributed by atoms with van der Waals surface area (Å²) in [6.45, 7) is 2.01. The first-order valence-electron chi connectivity index (χ1n) is 6.65. The van der Waals surface area contributed by atoms with Gasteiger partial charge in [-0.3, -0.25) is 4.79 Å². The number of H-pyrrole nitrogens is 1. The first-order valence-corrected chi connectivity index (χ1v) is 6.65. The molecule has 1 atom stereocenters. The van der Waals surface area contributed by atoms with E-state index in [1.54, 1.807) is 0 Å². The molecule has 1 amide bonds. The van der Waals surface area contributed by atoms with Gasteiger partial charge in [0.25, 0.3) is 0 Å². The lowest BCUT2D eigenvalue weighted by atomic mass is 10.1. The minimum absolute atomic E-state index is 0.0321. The molecule has 0 aliphatic heterocycles. The number of nitrogens with one attached hydrogen (secondary N) is 2. The third kappa shape index (κ3) is 3.83. The average Bonchev–Trinajstić information content (AvgIpc) is 2.83. The van der Waals surface area contributed by atoms with Gasteiger partial charge in [0.05, 0.1) is 0 Å². The van der Waals surface area contributed by atoms with Gasteiger partial charge in [-0.05, 0) is 48.9 Å². The van der Waals surface area contributed by atoms with Gasteiger partial charge in [-0.2, -0.15) is 0 Å². The fourth-order valence-electron chi connectivity index (χ4n) is 2.13. The molecule has 0 bridgehead atoms. The number of carbonyl (C=O) groups is 1. The predicted octanol–water partition coefficient (Wildman–Crippen LogP) is 1.99. The Labute approximate surface area is 112 Å². The molecule has 0 saturated carbocycles. The number of hydrogen-bond acceptors (Lipinski definition) is 2. The summed E-state index contributed by atoms with van der Waals surface area (Å²) in [6.07, 6.45) is 3.73. The van der Waals surface area contributed by atoms with E-state index in [0.717, 1.165) is 17.5 Å². The zero-order valence-corrected chi connectivity index (χ0v) is 11.1. The minimum Gasteiger partial charge on any atom is -0.396 e. The van der Waals surface area contributed by atoms with Crippen LogP contribution in [0, 0.1) is 0 Å². The van der Waals surface area contributed by atoms with E-state index < -0.39 is 0 Å². The second kappa shape index (κ2) is 6.38. The Morgan fingerprint density at radius 1 is 1.42 bits per heavy atom. The maximum absolute atomic E-state index is 11.7. The van der Waals surface area contributed by atoms with Gasteiger partial charge in [0.2, 0.25) is 5.91 Å². The van der Waals surface area contributed by atoms with Crippen LogP contribution in [0.15, 0.2) is 30.5 Å². The lowest BCUT2D eigenvalue weighted by molar-refractivity contribution is -0.121. The van der Waals surface area contributed by atoms with Crippen LogP contribution in [-0.4, -0.2) is 28.6 Å². The lowest BCUT2D eigenvalue weighted by Gasteiger charge is -2.12. The Hall–Kier alpha value is -1.81. The molecule has 4 heteroatoms. The second-order valence-electron chi connectivity index (χ2n) is 4.88. The number of rotatable bonds is 6. The fourth-order valence-corrected chi connectivity index (χ4v) is 2.13. The molecule has 0 fully saturated rings. The van der Waals surface area contributed by atoms with Gasteiger partial charge in [0.1, 0.15) is 0 Å². The molecule has 19 heavy (non-hydrogen) atoms. The van der Waals surface area contributed by atoms with Crippen LogP contribution in [0.2, 0.25) is 0 Å². The molecule has 1 aromatic heterocycles. The number of aliphatic hydroxyl groups excluding tert-OH is 1. The van der Waals surface area contributed by atoms with E-state index in [-0.39, 0.29) is 18.6 Å². The minimum atomic E-state index is 0.0321. The summed E-state index contributed by atoms with van der Waals surface area (Å²) in [5.41, 5.74) is 2.28. The Bertz CT molecular complexity index is 548. The van der Waals surface area contributed by atoms with Crippen molar-refractivity contribution in [1.82, 2.24) is 10.3 Å². The Kier molecular flexibility index (Phi) is 4.58. The van der Waals surface area contributed by atoms with Crippen molar-refractivity contribution in [3.8, 4) is 0 Å².